The Labute approximate surface area is 131 Å². The summed E-state index contributed by atoms with van der Waals surface area (Å²) in [5.41, 5.74) is 6.10. The molecule has 124 valence electrons. The van der Waals surface area contributed by atoms with E-state index in [0.717, 1.165) is 37.5 Å². The van der Waals surface area contributed by atoms with Crippen molar-refractivity contribution in [1.82, 2.24) is 0 Å². The summed E-state index contributed by atoms with van der Waals surface area (Å²) >= 11 is 0. The fourth-order valence-corrected chi connectivity index (χ4v) is 4.87. The van der Waals surface area contributed by atoms with E-state index in [2.05, 4.69) is 27.7 Å². The van der Waals surface area contributed by atoms with Gasteiger partial charge in [-0.2, -0.15) is 0 Å². The topological polar surface area (TPSA) is 46.2 Å². The Bertz CT molecular complexity index is 333. The first-order valence-corrected chi connectivity index (χ1v) is 9.21. The first-order valence-electron chi connectivity index (χ1n) is 9.21. The molecule has 2 rings (SSSR count). The molecule has 0 radical (unpaired) electrons. The van der Waals surface area contributed by atoms with E-state index in [1.807, 2.05) is 0 Å². The van der Waals surface area contributed by atoms with Gasteiger partial charge in [-0.1, -0.05) is 47.0 Å². The lowest BCUT2D eigenvalue weighted by Gasteiger charge is -2.54. The Morgan fingerprint density at radius 2 is 1.57 bits per heavy atom. The van der Waals surface area contributed by atoms with Crippen LogP contribution in [0.25, 0.3) is 0 Å². The van der Waals surface area contributed by atoms with Crippen LogP contribution < -0.4 is 5.73 Å². The van der Waals surface area contributed by atoms with Crippen LogP contribution >= 0.6 is 0 Å². The highest BCUT2D eigenvalue weighted by Crippen LogP contribution is 2.54. The highest BCUT2D eigenvalue weighted by molar-refractivity contribution is 5.04. The first-order chi connectivity index (χ1) is 9.78. The van der Waals surface area contributed by atoms with Crippen LogP contribution in [0.5, 0.6) is 0 Å². The monoisotopic (exact) mass is 295 g/mol. The quantitative estimate of drug-likeness (QED) is 0.802. The number of nitrogens with two attached hydrogens (primary N) is 1. The van der Waals surface area contributed by atoms with Gasteiger partial charge >= 0.3 is 0 Å². The molecule has 21 heavy (non-hydrogen) atoms. The molecule has 2 nitrogen and oxygen atoms in total. The molecule has 0 amide bonds. The van der Waals surface area contributed by atoms with Crippen molar-refractivity contribution < 1.29 is 5.11 Å². The summed E-state index contributed by atoms with van der Waals surface area (Å²) in [6, 6.07) is 0. The molecule has 3 N–H and O–H groups in total. The van der Waals surface area contributed by atoms with Crippen LogP contribution in [0.2, 0.25) is 0 Å². The number of hydrogen-bond donors (Lipinski definition) is 2. The average Bonchev–Trinajstić information content (AvgIpc) is 2.48. The Kier molecular flexibility index (Phi) is 5.10. The van der Waals surface area contributed by atoms with Crippen molar-refractivity contribution in [2.24, 2.45) is 28.4 Å². The highest BCUT2D eigenvalue weighted by Gasteiger charge is 2.52. The molecule has 0 unspecified atom stereocenters. The number of aliphatic hydroxyl groups is 1. The van der Waals surface area contributed by atoms with E-state index >= 15 is 0 Å². The molecule has 0 heterocycles. The third-order valence-electron chi connectivity index (χ3n) is 7.44. The summed E-state index contributed by atoms with van der Waals surface area (Å²) < 4.78 is 0. The van der Waals surface area contributed by atoms with Crippen molar-refractivity contribution in [2.75, 3.05) is 6.54 Å². The zero-order valence-electron chi connectivity index (χ0n) is 14.8. The largest absolute Gasteiger partial charge is 0.389 e. The van der Waals surface area contributed by atoms with Crippen LogP contribution in [0.4, 0.5) is 0 Å². The molecule has 2 fully saturated rings. The number of hydrogen-bond acceptors (Lipinski definition) is 2. The van der Waals surface area contributed by atoms with Crippen molar-refractivity contribution in [1.29, 1.82) is 0 Å². The SMILES string of the molecule is CCC(C)(C)C1CCC(O)(C2(CN)CCC(C)CC2)CC1. The van der Waals surface area contributed by atoms with Crippen molar-refractivity contribution in [3.8, 4) is 0 Å². The van der Waals surface area contributed by atoms with E-state index in [-0.39, 0.29) is 5.41 Å². The summed E-state index contributed by atoms with van der Waals surface area (Å²) in [5, 5.41) is 11.4. The van der Waals surface area contributed by atoms with Gasteiger partial charge < -0.3 is 10.8 Å². The lowest BCUT2D eigenvalue weighted by Crippen LogP contribution is -2.56. The van der Waals surface area contributed by atoms with Crippen molar-refractivity contribution in [2.45, 2.75) is 91.1 Å². The van der Waals surface area contributed by atoms with Crippen molar-refractivity contribution >= 4 is 0 Å². The van der Waals surface area contributed by atoms with Crippen LogP contribution in [0.15, 0.2) is 0 Å². The van der Waals surface area contributed by atoms with E-state index in [1.54, 1.807) is 0 Å². The van der Waals surface area contributed by atoms with E-state index in [9.17, 15) is 5.11 Å². The van der Waals surface area contributed by atoms with Gasteiger partial charge in [-0.3, -0.25) is 0 Å². The Morgan fingerprint density at radius 3 is 2.00 bits per heavy atom. The molecule has 0 saturated heterocycles. The summed E-state index contributed by atoms with van der Waals surface area (Å²) in [6.07, 6.45) is 10.2. The Hall–Kier alpha value is -0.0800. The molecule has 0 aromatic heterocycles. The molecule has 0 aliphatic heterocycles. The molecule has 2 aliphatic rings. The van der Waals surface area contributed by atoms with Gasteiger partial charge in [0.25, 0.3) is 0 Å². The second-order valence-corrected chi connectivity index (χ2v) is 8.81. The van der Waals surface area contributed by atoms with Gasteiger partial charge in [-0.05, 0) is 55.8 Å². The maximum atomic E-state index is 11.4. The minimum atomic E-state index is -0.498. The molecular formula is C19H37NO. The van der Waals surface area contributed by atoms with Crippen LogP contribution in [-0.2, 0) is 0 Å². The minimum absolute atomic E-state index is 0.000831. The fourth-order valence-electron chi connectivity index (χ4n) is 4.87. The summed E-state index contributed by atoms with van der Waals surface area (Å²) in [6.45, 7) is 10.1. The molecule has 0 bridgehead atoms. The lowest BCUT2D eigenvalue weighted by molar-refractivity contribution is -0.138. The van der Waals surface area contributed by atoms with Crippen molar-refractivity contribution in [3.05, 3.63) is 0 Å². The van der Waals surface area contributed by atoms with Gasteiger partial charge in [-0.25, -0.2) is 0 Å². The number of rotatable bonds is 4. The zero-order chi connectivity index (χ0) is 15.7. The van der Waals surface area contributed by atoms with Gasteiger partial charge in [-0.15, -0.1) is 0 Å². The van der Waals surface area contributed by atoms with Gasteiger partial charge in [0, 0.05) is 12.0 Å². The predicted molar refractivity (Wildman–Crippen MR) is 90.1 cm³/mol. The molecule has 0 atom stereocenters. The second-order valence-electron chi connectivity index (χ2n) is 8.81. The van der Waals surface area contributed by atoms with Crippen LogP contribution in [0, 0.1) is 22.7 Å². The van der Waals surface area contributed by atoms with E-state index < -0.39 is 5.60 Å². The van der Waals surface area contributed by atoms with E-state index in [4.69, 9.17) is 5.73 Å². The molecule has 0 aromatic rings. The van der Waals surface area contributed by atoms with Gasteiger partial charge in [0.15, 0.2) is 0 Å². The fraction of sp³-hybridized carbons (Fsp3) is 1.00. The lowest BCUT2D eigenvalue weighted by atomic mass is 9.55. The smallest absolute Gasteiger partial charge is 0.0716 e. The molecule has 2 aliphatic carbocycles. The molecule has 2 heteroatoms. The molecule has 0 aromatic carbocycles. The normalized spacial score (nSPS) is 42.0. The highest BCUT2D eigenvalue weighted by atomic mass is 16.3. The van der Waals surface area contributed by atoms with Crippen LogP contribution in [-0.4, -0.2) is 17.3 Å². The zero-order valence-corrected chi connectivity index (χ0v) is 14.8. The van der Waals surface area contributed by atoms with Crippen molar-refractivity contribution in [3.63, 3.8) is 0 Å². The third-order valence-corrected chi connectivity index (χ3v) is 7.44. The summed E-state index contributed by atoms with van der Waals surface area (Å²) in [7, 11) is 0. The van der Waals surface area contributed by atoms with Gasteiger partial charge in [0.1, 0.15) is 0 Å². The average molecular weight is 296 g/mol. The van der Waals surface area contributed by atoms with E-state index in [1.165, 1.54) is 32.1 Å². The first kappa shape index (κ1) is 17.3. The van der Waals surface area contributed by atoms with Gasteiger partial charge in [0.05, 0.1) is 5.60 Å². The minimum Gasteiger partial charge on any atom is -0.389 e. The Morgan fingerprint density at radius 1 is 1.05 bits per heavy atom. The molecular weight excluding hydrogens is 258 g/mol. The molecule has 0 spiro atoms. The Balaban J connectivity index is 2.07. The van der Waals surface area contributed by atoms with Gasteiger partial charge in [0.2, 0.25) is 0 Å². The maximum absolute atomic E-state index is 11.4. The predicted octanol–water partition coefficient (Wildman–Crippen LogP) is 4.50. The second kappa shape index (κ2) is 6.20. The summed E-state index contributed by atoms with van der Waals surface area (Å²) in [4.78, 5) is 0. The standard InChI is InChI=1S/C19H37NO/c1-5-17(3,4)16-8-12-19(21,13-9-16)18(14-20)10-6-15(2)7-11-18/h15-16,21H,5-14,20H2,1-4H3. The summed E-state index contributed by atoms with van der Waals surface area (Å²) in [5.74, 6) is 1.57. The van der Waals surface area contributed by atoms with Crippen LogP contribution in [0.1, 0.15) is 85.5 Å². The maximum Gasteiger partial charge on any atom is 0.0716 e. The van der Waals surface area contributed by atoms with E-state index in [0.29, 0.717) is 12.0 Å². The third kappa shape index (κ3) is 3.17. The molecule has 2 saturated carbocycles. The van der Waals surface area contributed by atoms with Crippen LogP contribution in [0.3, 0.4) is 0 Å².